The highest BCUT2D eigenvalue weighted by Crippen LogP contribution is 2.03. The molecule has 0 aliphatic carbocycles. The molecule has 0 bridgehead atoms. The number of rotatable bonds is 4. The first-order chi connectivity index (χ1) is 6.34. The smallest absolute Gasteiger partial charge is 0.340 e. The molecule has 0 spiro atoms. The summed E-state index contributed by atoms with van der Waals surface area (Å²) in [6, 6.07) is 3.40. The molecule has 0 radical (unpaired) electrons. The van der Waals surface area contributed by atoms with E-state index < -0.39 is 0 Å². The van der Waals surface area contributed by atoms with Crippen LogP contribution in [0.5, 0.6) is 0 Å². The van der Waals surface area contributed by atoms with Crippen LogP contribution in [0.4, 0.5) is 0 Å². The van der Waals surface area contributed by atoms with Gasteiger partial charge in [0.05, 0.1) is 5.56 Å². The van der Waals surface area contributed by atoms with Crippen molar-refractivity contribution < 1.29 is 9.53 Å². The van der Waals surface area contributed by atoms with Crippen LogP contribution in [-0.4, -0.2) is 22.6 Å². The van der Waals surface area contributed by atoms with Crippen molar-refractivity contribution in [1.82, 2.24) is 4.98 Å². The van der Waals surface area contributed by atoms with Crippen LogP contribution in [0.25, 0.3) is 0 Å². The average Bonchev–Trinajstić information content (AvgIpc) is 2.19. The maximum atomic E-state index is 11.2. The molecular formula is C9H11NO2S. The summed E-state index contributed by atoms with van der Waals surface area (Å²) in [6.07, 6.45) is 3.12. The van der Waals surface area contributed by atoms with Gasteiger partial charge in [-0.2, -0.15) is 0 Å². The molecule has 70 valence electrons. The van der Waals surface area contributed by atoms with Crippen molar-refractivity contribution in [2.24, 2.45) is 0 Å². The third kappa shape index (κ3) is 3.46. The molecule has 0 N–H and O–H groups in total. The fraction of sp³-hybridized carbons (Fsp3) is 0.333. The zero-order valence-corrected chi connectivity index (χ0v) is 8.21. The van der Waals surface area contributed by atoms with Gasteiger partial charge in [-0.1, -0.05) is 6.92 Å². The molecule has 13 heavy (non-hydrogen) atoms. The summed E-state index contributed by atoms with van der Waals surface area (Å²) in [5.41, 5.74) is 0.499. The molecule has 0 aromatic carbocycles. The van der Waals surface area contributed by atoms with Gasteiger partial charge in [0.1, 0.15) is 5.94 Å². The van der Waals surface area contributed by atoms with Gasteiger partial charge in [-0.25, -0.2) is 4.79 Å². The molecule has 0 aliphatic heterocycles. The lowest BCUT2D eigenvalue weighted by Crippen LogP contribution is -2.04. The topological polar surface area (TPSA) is 39.2 Å². The van der Waals surface area contributed by atoms with E-state index in [1.807, 2.05) is 6.92 Å². The summed E-state index contributed by atoms with van der Waals surface area (Å²) in [5, 5.41) is 0. The lowest BCUT2D eigenvalue weighted by atomic mass is 10.3. The van der Waals surface area contributed by atoms with Crippen molar-refractivity contribution in [3.63, 3.8) is 0 Å². The first-order valence-corrected chi connectivity index (χ1v) is 5.15. The van der Waals surface area contributed by atoms with E-state index in [1.54, 1.807) is 30.1 Å². The van der Waals surface area contributed by atoms with Gasteiger partial charge in [-0.05, 0) is 17.9 Å². The Kier molecular flexibility index (Phi) is 4.32. The van der Waals surface area contributed by atoms with Gasteiger partial charge in [0.15, 0.2) is 0 Å². The molecule has 0 saturated carbocycles. The quantitative estimate of drug-likeness (QED) is 0.420. The van der Waals surface area contributed by atoms with Crippen molar-refractivity contribution in [3.8, 4) is 0 Å². The predicted octanol–water partition coefficient (Wildman–Crippen LogP) is 1.95. The SMILES string of the molecule is CCSCOC(=O)c1cccnc1. The van der Waals surface area contributed by atoms with Crippen molar-refractivity contribution in [1.29, 1.82) is 0 Å². The highest BCUT2D eigenvalue weighted by molar-refractivity contribution is 7.99. The minimum absolute atomic E-state index is 0.311. The molecule has 1 aromatic rings. The van der Waals surface area contributed by atoms with E-state index in [1.165, 1.54) is 6.20 Å². The maximum Gasteiger partial charge on any atom is 0.340 e. The van der Waals surface area contributed by atoms with Gasteiger partial charge in [-0.3, -0.25) is 4.98 Å². The molecule has 0 saturated heterocycles. The van der Waals surface area contributed by atoms with Crippen LogP contribution in [-0.2, 0) is 4.74 Å². The van der Waals surface area contributed by atoms with Gasteiger partial charge in [0, 0.05) is 12.4 Å². The van der Waals surface area contributed by atoms with Gasteiger partial charge in [0.2, 0.25) is 0 Å². The van der Waals surface area contributed by atoms with Gasteiger partial charge < -0.3 is 4.74 Å². The summed E-state index contributed by atoms with van der Waals surface area (Å²) < 4.78 is 4.95. The number of ether oxygens (including phenoxy) is 1. The molecule has 0 amide bonds. The zero-order chi connectivity index (χ0) is 9.52. The number of aromatic nitrogens is 1. The second-order valence-electron chi connectivity index (χ2n) is 2.28. The summed E-state index contributed by atoms with van der Waals surface area (Å²) in [7, 11) is 0. The van der Waals surface area contributed by atoms with E-state index in [-0.39, 0.29) is 5.97 Å². The largest absolute Gasteiger partial charge is 0.451 e. The maximum absolute atomic E-state index is 11.2. The van der Waals surface area contributed by atoms with Gasteiger partial charge in [0.25, 0.3) is 0 Å². The molecule has 4 heteroatoms. The molecular weight excluding hydrogens is 186 g/mol. The fourth-order valence-electron chi connectivity index (χ4n) is 0.745. The van der Waals surface area contributed by atoms with Crippen LogP contribution in [0, 0.1) is 0 Å². The first kappa shape index (κ1) is 10.1. The zero-order valence-electron chi connectivity index (χ0n) is 7.40. The summed E-state index contributed by atoms with van der Waals surface area (Å²) >= 11 is 1.57. The number of hydrogen-bond donors (Lipinski definition) is 0. The molecule has 3 nitrogen and oxygen atoms in total. The van der Waals surface area contributed by atoms with Gasteiger partial charge in [-0.15, -0.1) is 11.8 Å². The van der Waals surface area contributed by atoms with Gasteiger partial charge >= 0.3 is 5.97 Å². The summed E-state index contributed by atoms with van der Waals surface area (Å²) in [6.45, 7) is 2.02. The van der Waals surface area contributed by atoms with Crippen LogP contribution < -0.4 is 0 Å². The average molecular weight is 197 g/mol. The molecule has 0 atom stereocenters. The highest BCUT2D eigenvalue weighted by Gasteiger charge is 2.04. The minimum atomic E-state index is -0.311. The number of carbonyl (C=O) groups is 1. The second kappa shape index (κ2) is 5.59. The van der Waals surface area contributed by atoms with Crippen molar-refractivity contribution in [2.45, 2.75) is 6.92 Å². The van der Waals surface area contributed by atoms with E-state index in [9.17, 15) is 4.79 Å². The Hall–Kier alpha value is -1.03. The lowest BCUT2D eigenvalue weighted by molar-refractivity contribution is 0.0579. The standard InChI is InChI=1S/C9H11NO2S/c1-2-13-7-12-9(11)8-4-3-5-10-6-8/h3-6H,2,7H2,1H3. The number of pyridine rings is 1. The molecule has 1 aromatic heterocycles. The Labute approximate surface area is 81.5 Å². The van der Waals surface area contributed by atoms with Crippen LogP contribution in [0.1, 0.15) is 17.3 Å². The minimum Gasteiger partial charge on any atom is -0.451 e. The number of carbonyl (C=O) groups excluding carboxylic acids is 1. The summed E-state index contributed by atoms with van der Waals surface area (Å²) in [5.74, 6) is 1.04. The summed E-state index contributed by atoms with van der Waals surface area (Å²) in [4.78, 5) is 15.1. The Morgan fingerprint density at radius 3 is 3.15 bits per heavy atom. The Morgan fingerprint density at radius 2 is 2.54 bits per heavy atom. The van der Waals surface area contributed by atoms with E-state index >= 15 is 0 Å². The molecule has 1 heterocycles. The number of nitrogens with zero attached hydrogens (tertiary/aromatic N) is 1. The van der Waals surface area contributed by atoms with E-state index in [4.69, 9.17) is 4.74 Å². The Morgan fingerprint density at radius 1 is 1.69 bits per heavy atom. The van der Waals surface area contributed by atoms with Crippen LogP contribution in [0.15, 0.2) is 24.5 Å². The van der Waals surface area contributed by atoms with E-state index in [0.717, 1.165) is 5.75 Å². The number of thioether (sulfide) groups is 1. The first-order valence-electron chi connectivity index (χ1n) is 3.99. The van der Waals surface area contributed by atoms with Crippen molar-refractivity contribution in [3.05, 3.63) is 30.1 Å². The molecule has 1 rings (SSSR count). The molecule has 0 fully saturated rings. The Balaban J connectivity index is 2.40. The number of esters is 1. The normalized spacial score (nSPS) is 9.62. The van der Waals surface area contributed by atoms with Crippen molar-refractivity contribution in [2.75, 3.05) is 11.7 Å². The van der Waals surface area contributed by atoms with Crippen LogP contribution >= 0.6 is 11.8 Å². The fourth-order valence-corrected chi connectivity index (χ4v) is 1.10. The number of hydrogen-bond acceptors (Lipinski definition) is 4. The van der Waals surface area contributed by atoms with Crippen LogP contribution in [0.2, 0.25) is 0 Å². The molecule has 0 aliphatic rings. The highest BCUT2D eigenvalue weighted by atomic mass is 32.2. The third-order valence-corrected chi connectivity index (χ3v) is 2.07. The Bertz CT molecular complexity index is 264. The monoisotopic (exact) mass is 197 g/mol. The van der Waals surface area contributed by atoms with Crippen molar-refractivity contribution >= 4 is 17.7 Å². The van der Waals surface area contributed by atoms with Crippen LogP contribution in [0.3, 0.4) is 0 Å². The second-order valence-corrected chi connectivity index (χ2v) is 3.51. The van der Waals surface area contributed by atoms with E-state index in [2.05, 4.69) is 4.98 Å². The van der Waals surface area contributed by atoms with E-state index in [0.29, 0.717) is 11.5 Å². The lowest BCUT2D eigenvalue weighted by Gasteiger charge is -2.01. The third-order valence-electron chi connectivity index (χ3n) is 1.37. The predicted molar refractivity (Wildman–Crippen MR) is 52.7 cm³/mol. The molecule has 0 unspecified atom stereocenters.